The lowest BCUT2D eigenvalue weighted by Gasteiger charge is -2.41. The number of piperazine rings is 1. The molecule has 11 nitrogen and oxygen atoms in total. The molecule has 12 heteroatoms. The van der Waals surface area contributed by atoms with Crippen LogP contribution in [0.1, 0.15) is 61.8 Å². The van der Waals surface area contributed by atoms with Gasteiger partial charge in [-0.05, 0) is 64.8 Å². The summed E-state index contributed by atoms with van der Waals surface area (Å²) in [4.78, 5) is 34.4. The maximum absolute atomic E-state index is 13.5. The van der Waals surface area contributed by atoms with Crippen LogP contribution < -0.4 is 10.2 Å². The first kappa shape index (κ1) is 27.7. The number of alkyl halides is 1. The van der Waals surface area contributed by atoms with Gasteiger partial charge in [-0.2, -0.15) is 10.1 Å². The van der Waals surface area contributed by atoms with Gasteiger partial charge < -0.3 is 24.4 Å². The lowest BCUT2D eigenvalue weighted by molar-refractivity contribution is 0.0218. The molecule has 2 aliphatic rings. The fourth-order valence-electron chi connectivity index (χ4n) is 5.16. The number of nitrogens with zero attached hydrogens (tertiary/aromatic N) is 6. The molecular formula is C30H34FN7O4. The number of amides is 2. The molecule has 1 saturated carbocycles. The molecule has 1 aliphatic heterocycles. The Morgan fingerprint density at radius 1 is 1.17 bits per heavy atom. The number of aryl methyl sites for hydroxylation is 1. The van der Waals surface area contributed by atoms with Crippen LogP contribution in [0.4, 0.5) is 20.6 Å². The van der Waals surface area contributed by atoms with Crippen LogP contribution in [-0.4, -0.2) is 74.1 Å². The first-order chi connectivity index (χ1) is 20.0. The highest BCUT2D eigenvalue weighted by Gasteiger charge is 2.43. The van der Waals surface area contributed by atoms with Crippen LogP contribution in [0, 0.1) is 6.92 Å². The van der Waals surface area contributed by atoms with Gasteiger partial charge in [0.1, 0.15) is 11.8 Å². The number of aromatic nitrogens is 4. The lowest BCUT2D eigenvalue weighted by Crippen LogP contribution is -2.54. The minimum absolute atomic E-state index is 0.0423. The molecular weight excluding hydrogens is 541 g/mol. The quantitative estimate of drug-likeness (QED) is 0.344. The van der Waals surface area contributed by atoms with Gasteiger partial charge in [0.15, 0.2) is 0 Å². The molecule has 1 aliphatic carbocycles. The van der Waals surface area contributed by atoms with Crippen LogP contribution in [0.5, 0.6) is 0 Å². The van der Waals surface area contributed by atoms with E-state index in [9.17, 15) is 14.0 Å². The maximum atomic E-state index is 13.5. The first-order valence-electron chi connectivity index (χ1n) is 14.1. The number of pyridine rings is 1. The van der Waals surface area contributed by atoms with Crippen molar-refractivity contribution in [3.8, 4) is 11.4 Å². The highest BCUT2D eigenvalue weighted by atomic mass is 19.1. The topological polar surface area (TPSA) is 118 Å². The van der Waals surface area contributed by atoms with Crippen molar-refractivity contribution < 1.29 is 23.2 Å². The third-order valence-corrected chi connectivity index (χ3v) is 7.58. The number of rotatable bonds is 5. The minimum Gasteiger partial charge on any atom is -0.444 e. The second kappa shape index (κ2) is 10.4. The molecule has 4 aromatic rings. The summed E-state index contributed by atoms with van der Waals surface area (Å²) >= 11 is 0. The van der Waals surface area contributed by atoms with E-state index in [-0.39, 0.29) is 24.0 Å². The number of anilines is 2. The predicted molar refractivity (Wildman–Crippen MR) is 154 cm³/mol. The minimum atomic E-state index is -0.928. The molecule has 2 amide bonds. The molecule has 4 heterocycles. The number of hydrogen-bond acceptors (Lipinski definition) is 8. The average Bonchev–Trinajstić information content (AvgIpc) is 3.31. The molecule has 3 aromatic heterocycles. The van der Waals surface area contributed by atoms with Gasteiger partial charge in [0, 0.05) is 48.8 Å². The van der Waals surface area contributed by atoms with E-state index in [4.69, 9.17) is 9.26 Å². The van der Waals surface area contributed by atoms with E-state index in [0.717, 1.165) is 11.3 Å². The number of carbonyl (C=O) groups excluding carboxylic acids is 2. The summed E-state index contributed by atoms with van der Waals surface area (Å²) in [6, 6.07) is 9.43. The van der Waals surface area contributed by atoms with E-state index < -0.39 is 11.8 Å². The van der Waals surface area contributed by atoms with Crippen molar-refractivity contribution in [1.29, 1.82) is 0 Å². The summed E-state index contributed by atoms with van der Waals surface area (Å²) in [5, 5.41) is 11.4. The molecule has 220 valence electrons. The van der Waals surface area contributed by atoms with E-state index in [1.54, 1.807) is 21.7 Å². The number of fused-ring (bicyclic) bond motifs is 1. The Morgan fingerprint density at radius 2 is 1.95 bits per heavy atom. The molecule has 42 heavy (non-hydrogen) atoms. The summed E-state index contributed by atoms with van der Waals surface area (Å²) in [6.07, 6.45) is 2.54. The monoisotopic (exact) mass is 575 g/mol. The summed E-state index contributed by atoms with van der Waals surface area (Å²) in [7, 11) is 0. The largest absolute Gasteiger partial charge is 0.444 e. The van der Waals surface area contributed by atoms with Gasteiger partial charge in [0.05, 0.1) is 23.2 Å². The Bertz CT molecular complexity index is 1660. The summed E-state index contributed by atoms with van der Waals surface area (Å²) in [5.41, 5.74) is 3.58. The lowest BCUT2D eigenvalue weighted by atomic mass is 10.1. The number of ether oxygens (including phenoxy) is 1. The van der Waals surface area contributed by atoms with Gasteiger partial charge in [-0.3, -0.25) is 4.79 Å². The van der Waals surface area contributed by atoms with E-state index in [0.29, 0.717) is 60.1 Å². The van der Waals surface area contributed by atoms with E-state index >= 15 is 0 Å². The van der Waals surface area contributed by atoms with Crippen molar-refractivity contribution in [3.63, 3.8) is 0 Å². The Labute approximate surface area is 242 Å². The summed E-state index contributed by atoms with van der Waals surface area (Å²) in [6.45, 7) is 11.2. The summed E-state index contributed by atoms with van der Waals surface area (Å²) in [5.74, 6) is 0.0120. The van der Waals surface area contributed by atoms with E-state index in [1.807, 2.05) is 58.2 Å². The Morgan fingerprint density at radius 3 is 2.67 bits per heavy atom. The zero-order chi connectivity index (χ0) is 29.8. The summed E-state index contributed by atoms with van der Waals surface area (Å²) < 4.78 is 25.9. The Kier molecular flexibility index (Phi) is 6.86. The van der Waals surface area contributed by atoms with Crippen LogP contribution in [-0.2, 0) is 4.74 Å². The van der Waals surface area contributed by atoms with E-state index in [1.165, 1.54) is 0 Å². The molecule has 2 fully saturated rings. The zero-order valence-corrected chi connectivity index (χ0v) is 24.3. The Hall–Kier alpha value is -4.48. The number of benzene rings is 1. The molecule has 0 spiro atoms. The highest BCUT2D eigenvalue weighted by Crippen LogP contribution is 2.43. The molecule has 1 saturated heterocycles. The van der Waals surface area contributed by atoms with Gasteiger partial charge in [0.2, 0.25) is 11.7 Å². The van der Waals surface area contributed by atoms with Crippen LogP contribution in [0.15, 0.2) is 47.2 Å². The molecule has 0 unspecified atom stereocenters. The van der Waals surface area contributed by atoms with Crippen LogP contribution in [0.2, 0.25) is 0 Å². The fourth-order valence-corrected chi connectivity index (χ4v) is 5.16. The second-order valence-corrected chi connectivity index (χ2v) is 12.0. The SMILES string of the molecule is Cc1ccc(-c2noc([C@H]3C[C@@H]3F)n2)cc1NC(=O)c1cnn2ccc(N3CCN(C(=O)OC(C)(C)C)C[C@H]3C)cc12. The number of halogens is 1. The molecule has 1 aromatic carbocycles. The fraction of sp³-hybridized carbons (Fsp3) is 0.433. The maximum Gasteiger partial charge on any atom is 0.410 e. The van der Waals surface area contributed by atoms with Gasteiger partial charge in [0.25, 0.3) is 5.91 Å². The van der Waals surface area contributed by atoms with Crippen molar-refractivity contribution in [2.75, 3.05) is 29.9 Å². The third kappa shape index (κ3) is 5.53. The first-order valence-corrected chi connectivity index (χ1v) is 14.1. The second-order valence-electron chi connectivity index (χ2n) is 12.0. The molecule has 3 atom stereocenters. The van der Waals surface area contributed by atoms with Gasteiger partial charge in [-0.1, -0.05) is 17.3 Å². The van der Waals surface area contributed by atoms with Crippen LogP contribution in [0.3, 0.4) is 0 Å². The highest BCUT2D eigenvalue weighted by molar-refractivity contribution is 6.09. The molecule has 6 rings (SSSR count). The Balaban J connectivity index is 1.19. The number of nitrogens with one attached hydrogen (secondary N) is 1. The number of hydrogen-bond donors (Lipinski definition) is 1. The van der Waals surface area contributed by atoms with Crippen molar-refractivity contribution in [3.05, 3.63) is 59.7 Å². The van der Waals surface area contributed by atoms with Gasteiger partial charge in [-0.15, -0.1) is 0 Å². The van der Waals surface area contributed by atoms with Crippen LogP contribution in [0.25, 0.3) is 16.9 Å². The van der Waals surface area contributed by atoms with Gasteiger partial charge in [-0.25, -0.2) is 13.7 Å². The normalized spacial score (nSPS) is 20.6. The van der Waals surface area contributed by atoms with E-state index in [2.05, 4.69) is 32.4 Å². The standard InChI is InChI=1S/C30H34FN7O4/c1-17-6-7-19(26-34-28(42-35-26)21-14-23(21)31)12-24(17)33-27(39)22-15-32-38-9-8-20(13-25(22)38)37-11-10-36(16-18(37)2)29(40)41-30(3,4)5/h6-9,12-13,15,18,21,23H,10-11,14,16H2,1-5H3,(H,33,39)/t18-,21+,23+/m1/s1. The molecule has 0 bridgehead atoms. The zero-order valence-electron chi connectivity index (χ0n) is 24.3. The smallest absolute Gasteiger partial charge is 0.410 e. The molecule has 0 radical (unpaired) electrons. The number of carbonyl (C=O) groups is 2. The van der Waals surface area contributed by atoms with Crippen molar-refractivity contribution >= 4 is 28.9 Å². The van der Waals surface area contributed by atoms with Crippen molar-refractivity contribution in [2.45, 2.75) is 64.8 Å². The van der Waals surface area contributed by atoms with Crippen molar-refractivity contribution in [1.82, 2.24) is 24.7 Å². The third-order valence-electron chi connectivity index (χ3n) is 7.58. The van der Waals surface area contributed by atoms with Crippen molar-refractivity contribution in [2.24, 2.45) is 0 Å². The molecule has 1 N–H and O–H groups in total. The predicted octanol–water partition coefficient (Wildman–Crippen LogP) is 5.22. The van der Waals surface area contributed by atoms with Crippen LogP contribution >= 0.6 is 0 Å². The average molecular weight is 576 g/mol. The van der Waals surface area contributed by atoms with Gasteiger partial charge >= 0.3 is 6.09 Å².